The maximum atomic E-state index is 10.8. The molecule has 0 rings (SSSR count). The van der Waals surface area contributed by atoms with Crippen molar-refractivity contribution in [3.63, 3.8) is 0 Å². The maximum Gasteiger partial charge on any atom is 0.411 e. The van der Waals surface area contributed by atoms with E-state index >= 15 is 0 Å². The second kappa shape index (κ2) is 4.03. The highest BCUT2D eigenvalue weighted by atomic mass is 35.6. The Balaban J connectivity index is 4.45. The summed E-state index contributed by atoms with van der Waals surface area (Å²) >= 11 is 15.0. The fourth-order valence-corrected chi connectivity index (χ4v) is 1.07. The molecule has 1 unspecified atom stereocenters. The van der Waals surface area contributed by atoms with Gasteiger partial charge in [0.15, 0.2) is 7.52 Å². The zero-order chi connectivity index (χ0) is 9.99. The first kappa shape index (κ1) is 12.3. The minimum absolute atomic E-state index is 0.980. The molecule has 0 aliphatic carbocycles. The first-order valence-electron chi connectivity index (χ1n) is 2.45. The predicted octanol–water partition coefficient (Wildman–Crippen LogP) is 1.22. The molecular formula is C3H4Cl3NO4P-. The summed E-state index contributed by atoms with van der Waals surface area (Å²) in [6.07, 6.45) is -1.21. The predicted molar refractivity (Wildman–Crippen MR) is 43.4 cm³/mol. The van der Waals surface area contributed by atoms with Crippen LogP contribution in [0.5, 0.6) is 0 Å². The van der Waals surface area contributed by atoms with Crippen molar-refractivity contribution in [1.82, 2.24) is 5.09 Å². The van der Waals surface area contributed by atoms with Crippen LogP contribution >= 0.6 is 42.3 Å². The Bertz CT molecular complexity index is 226. The van der Waals surface area contributed by atoms with Crippen LogP contribution in [0, 0.1) is 0 Å². The third-order valence-electron chi connectivity index (χ3n) is 0.758. The van der Waals surface area contributed by atoms with Crippen LogP contribution in [0.2, 0.25) is 0 Å². The van der Waals surface area contributed by atoms with Crippen LogP contribution in [-0.2, 0) is 9.30 Å². The Morgan fingerprint density at radius 3 is 2.25 bits per heavy atom. The molecular weight excluding hydrogens is 251 g/mol. The minimum atomic E-state index is -4.63. The van der Waals surface area contributed by atoms with Gasteiger partial charge in [-0.25, -0.2) is 4.79 Å². The van der Waals surface area contributed by atoms with Crippen molar-refractivity contribution in [2.45, 2.75) is 3.53 Å². The van der Waals surface area contributed by atoms with E-state index in [1.807, 2.05) is 0 Å². The molecule has 1 atom stereocenters. The summed E-state index contributed by atoms with van der Waals surface area (Å²) in [5.74, 6) is 0. The first-order chi connectivity index (χ1) is 5.20. The number of halogens is 3. The Kier molecular flexibility index (Phi) is 4.14. The largest absolute Gasteiger partial charge is 0.780 e. The molecule has 0 bridgehead atoms. The molecule has 0 saturated heterocycles. The zero-order valence-corrected chi connectivity index (χ0v) is 8.88. The number of rotatable bonds is 1. The van der Waals surface area contributed by atoms with Gasteiger partial charge in [-0.05, 0) is 0 Å². The lowest BCUT2D eigenvalue weighted by Gasteiger charge is -2.29. The number of carbonyl (C=O) groups excluding carboxylic acids is 1. The second-order valence-electron chi connectivity index (χ2n) is 1.62. The van der Waals surface area contributed by atoms with Gasteiger partial charge in [0.05, 0.1) is 7.11 Å². The van der Waals surface area contributed by atoms with Crippen LogP contribution in [0.4, 0.5) is 4.79 Å². The molecule has 0 aromatic heterocycles. The van der Waals surface area contributed by atoms with Crippen molar-refractivity contribution in [2.75, 3.05) is 7.11 Å². The van der Waals surface area contributed by atoms with Gasteiger partial charge in [0.25, 0.3) is 0 Å². The number of nitrogens with one attached hydrogen (secondary N) is 1. The molecule has 0 aromatic rings. The van der Waals surface area contributed by atoms with Crippen LogP contribution in [0.3, 0.4) is 0 Å². The molecule has 1 N–H and O–H groups in total. The van der Waals surface area contributed by atoms with Crippen LogP contribution in [0.15, 0.2) is 0 Å². The topological polar surface area (TPSA) is 78.5 Å². The summed E-state index contributed by atoms with van der Waals surface area (Å²) in [7, 11) is -3.65. The fraction of sp³-hybridized carbons (Fsp3) is 0.667. The van der Waals surface area contributed by atoms with Crippen molar-refractivity contribution < 1.29 is 19.0 Å². The lowest BCUT2D eigenvalue weighted by molar-refractivity contribution is -0.177. The van der Waals surface area contributed by atoms with Crippen LogP contribution in [0.1, 0.15) is 0 Å². The Labute approximate surface area is 83.4 Å². The summed E-state index contributed by atoms with van der Waals surface area (Å²) in [5.41, 5.74) is 0. The van der Waals surface area contributed by atoms with Crippen LogP contribution in [0.25, 0.3) is 0 Å². The third kappa shape index (κ3) is 3.37. The van der Waals surface area contributed by atoms with E-state index in [9.17, 15) is 14.3 Å². The van der Waals surface area contributed by atoms with E-state index in [1.165, 1.54) is 5.09 Å². The minimum Gasteiger partial charge on any atom is -0.780 e. The van der Waals surface area contributed by atoms with E-state index in [0.717, 1.165) is 7.11 Å². The van der Waals surface area contributed by atoms with E-state index < -0.39 is 17.1 Å². The number of alkyl halides is 3. The molecule has 5 nitrogen and oxygen atoms in total. The molecule has 9 heteroatoms. The SMILES string of the molecule is COC(=O)NP(=O)([O-])C(Cl)(Cl)Cl. The smallest absolute Gasteiger partial charge is 0.411 e. The van der Waals surface area contributed by atoms with Crippen molar-refractivity contribution in [2.24, 2.45) is 0 Å². The van der Waals surface area contributed by atoms with E-state index in [-0.39, 0.29) is 0 Å². The van der Waals surface area contributed by atoms with E-state index in [1.54, 1.807) is 0 Å². The summed E-state index contributed by atoms with van der Waals surface area (Å²) < 4.78 is 12.3. The van der Waals surface area contributed by atoms with Crippen molar-refractivity contribution in [1.29, 1.82) is 0 Å². The van der Waals surface area contributed by atoms with Gasteiger partial charge >= 0.3 is 6.09 Å². The third-order valence-corrected chi connectivity index (χ3v) is 3.90. The highest BCUT2D eigenvalue weighted by Crippen LogP contribution is 2.55. The van der Waals surface area contributed by atoms with Gasteiger partial charge in [0.2, 0.25) is 3.53 Å². The first-order valence-corrected chi connectivity index (χ1v) is 5.20. The molecule has 0 fully saturated rings. The van der Waals surface area contributed by atoms with Gasteiger partial charge in [-0.2, -0.15) is 0 Å². The standard InChI is InChI=1S/C3H5Cl3NO4P/c1-11-2(8)7-12(9,10)3(4,5)6/h1H3,(H2,7,8,9,10)/p-1. The summed E-state index contributed by atoms with van der Waals surface area (Å²) in [4.78, 5) is 21.2. The quantitative estimate of drug-likeness (QED) is 0.564. The van der Waals surface area contributed by atoms with Crippen LogP contribution in [-0.4, -0.2) is 16.7 Å². The van der Waals surface area contributed by atoms with Gasteiger partial charge in [-0.1, -0.05) is 34.8 Å². The van der Waals surface area contributed by atoms with Crippen LogP contribution < -0.4 is 9.98 Å². The molecule has 12 heavy (non-hydrogen) atoms. The maximum absolute atomic E-state index is 10.8. The number of carbonyl (C=O) groups is 1. The molecule has 0 spiro atoms. The molecule has 0 aromatic carbocycles. The van der Waals surface area contributed by atoms with E-state index in [0.29, 0.717) is 0 Å². The number of hydrogen-bond acceptors (Lipinski definition) is 4. The van der Waals surface area contributed by atoms with Crippen molar-refractivity contribution in [3.8, 4) is 0 Å². The molecule has 0 heterocycles. The number of amides is 1. The van der Waals surface area contributed by atoms with Gasteiger partial charge in [-0.15, -0.1) is 0 Å². The monoisotopic (exact) mass is 254 g/mol. The van der Waals surface area contributed by atoms with Crippen molar-refractivity contribution in [3.05, 3.63) is 0 Å². The Morgan fingerprint density at radius 1 is 1.58 bits per heavy atom. The van der Waals surface area contributed by atoms with Gasteiger partial charge in [0.1, 0.15) is 0 Å². The molecule has 0 saturated carbocycles. The Hall–Kier alpha value is 0.330. The van der Waals surface area contributed by atoms with E-state index in [4.69, 9.17) is 34.8 Å². The normalized spacial score (nSPS) is 16.4. The zero-order valence-electron chi connectivity index (χ0n) is 5.71. The highest BCUT2D eigenvalue weighted by molar-refractivity contribution is 7.63. The van der Waals surface area contributed by atoms with Gasteiger partial charge in [-0.3, -0.25) is 5.09 Å². The van der Waals surface area contributed by atoms with Crippen molar-refractivity contribution >= 4 is 48.4 Å². The fourth-order valence-electron chi connectivity index (χ4n) is 0.229. The number of ether oxygens (including phenoxy) is 1. The summed E-state index contributed by atoms with van der Waals surface area (Å²) in [6, 6.07) is 0. The lowest BCUT2D eigenvalue weighted by atomic mass is 11.2. The molecule has 1 amide bonds. The summed E-state index contributed by atoms with van der Waals surface area (Å²) in [5, 5.41) is 1.39. The Morgan fingerprint density at radius 2 is 2.00 bits per heavy atom. The highest BCUT2D eigenvalue weighted by Gasteiger charge is 2.36. The summed E-state index contributed by atoms with van der Waals surface area (Å²) in [6.45, 7) is 0. The average Bonchev–Trinajstić information content (AvgIpc) is 1.84. The lowest BCUT2D eigenvalue weighted by Crippen LogP contribution is -2.32. The number of methoxy groups -OCH3 is 1. The van der Waals surface area contributed by atoms with Gasteiger partial charge < -0.3 is 14.2 Å². The second-order valence-corrected chi connectivity index (χ2v) is 6.69. The van der Waals surface area contributed by atoms with E-state index in [2.05, 4.69) is 4.74 Å². The molecule has 0 aliphatic rings. The van der Waals surface area contributed by atoms with Gasteiger partial charge in [0, 0.05) is 0 Å². The molecule has 72 valence electrons. The molecule has 0 aliphatic heterocycles. The average molecular weight is 255 g/mol. The molecule has 0 radical (unpaired) electrons. The number of hydrogen-bond donors (Lipinski definition) is 1.